The average molecular weight is 308 g/mol. The first kappa shape index (κ1) is 13.1. The molecule has 1 aromatic carbocycles. The fourth-order valence-corrected chi connectivity index (χ4v) is 2.02. The van der Waals surface area contributed by atoms with Gasteiger partial charge in [-0.1, -0.05) is 18.2 Å². The highest BCUT2D eigenvalue weighted by molar-refractivity contribution is 9.10. The number of hydrogen-bond donors (Lipinski definition) is 1. The zero-order valence-corrected chi connectivity index (χ0v) is 11.4. The molecular formula is C14H14BrNO2. The predicted molar refractivity (Wildman–Crippen MR) is 73.6 cm³/mol. The molecule has 0 fully saturated rings. The van der Waals surface area contributed by atoms with E-state index in [1.807, 2.05) is 36.4 Å². The van der Waals surface area contributed by atoms with E-state index in [1.165, 1.54) is 0 Å². The maximum atomic E-state index is 9.89. The Morgan fingerprint density at radius 3 is 2.72 bits per heavy atom. The number of aliphatic hydroxyl groups is 1. The molecule has 4 heteroatoms. The van der Waals surface area contributed by atoms with Gasteiger partial charge in [0.1, 0.15) is 12.4 Å². The molecule has 0 saturated heterocycles. The number of rotatable bonds is 5. The zero-order valence-electron chi connectivity index (χ0n) is 9.79. The minimum Gasteiger partial charge on any atom is -0.491 e. The molecule has 0 saturated carbocycles. The molecule has 2 rings (SSSR count). The number of aliphatic hydroxyl groups excluding tert-OH is 1. The highest BCUT2D eigenvalue weighted by Gasteiger charge is 2.07. The first-order valence-corrected chi connectivity index (χ1v) is 6.48. The van der Waals surface area contributed by atoms with Crippen LogP contribution >= 0.6 is 15.9 Å². The van der Waals surface area contributed by atoms with Crippen molar-refractivity contribution in [2.75, 3.05) is 6.61 Å². The third kappa shape index (κ3) is 4.13. The van der Waals surface area contributed by atoms with Crippen LogP contribution in [-0.4, -0.2) is 22.8 Å². The number of ether oxygens (including phenoxy) is 1. The van der Waals surface area contributed by atoms with Gasteiger partial charge in [-0.2, -0.15) is 0 Å². The molecule has 2 aromatic rings. The Morgan fingerprint density at radius 1 is 1.22 bits per heavy atom. The highest BCUT2D eigenvalue weighted by atomic mass is 79.9. The summed E-state index contributed by atoms with van der Waals surface area (Å²) in [6, 6.07) is 11.4. The molecule has 0 bridgehead atoms. The highest BCUT2D eigenvalue weighted by Crippen LogP contribution is 2.13. The van der Waals surface area contributed by atoms with E-state index < -0.39 is 6.10 Å². The number of aromatic nitrogens is 1. The van der Waals surface area contributed by atoms with E-state index in [0.29, 0.717) is 6.42 Å². The van der Waals surface area contributed by atoms with Gasteiger partial charge in [-0.3, -0.25) is 4.98 Å². The van der Waals surface area contributed by atoms with Crippen molar-refractivity contribution in [3.8, 4) is 5.75 Å². The van der Waals surface area contributed by atoms with Crippen LogP contribution in [0.3, 0.4) is 0 Å². The van der Waals surface area contributed by atoms with Crippen LogP contribution in [0.2, 0.25) is 0 Å². The molecular weight excluding hydrogens is 294 g/mol. The van der Waals surface area contributed by atoms with Gasteiger partial charge in [-0.15, -0.1) is 0 Å². The molecule has 0 aliphatic heterocycles. The Bertz CT molecular complexity index is 490. The standard InChI is InChI=1S/C14H14BrNO2/c15-12-6-11(8-16-9-12)7-13(17)10-18-14-4-2-1-3-5-14/h1-6,8-9,13,17H,7,10H2. The molecule has 0 radical (unpaired) electrons. The molecule has 1 unspecified atom stereocenters. The smallest absolute Gasteiger partial charge is 0.119 e. The van der Waals surface area contributed by atoms with Crippen molar-refractivity contribution in [2.24, 2.45) is 0 Å². The predicted octanol–water partition coefficient (Wildman–Crippen LogP) is 2.83. The van der Waals surface area contributed by atoms with Gasteiger partial charge in [0.15, 0.2) is 0 Å². The lowest BCUT2D eigenvalue weighted by Crippen LogP contribution is -2.20. The van der Waals surface area contributed by atoms with Gasteiger partial charge in [-0.05, 0) is 39.7 Å². The van der Waals surface area contributed by atoms with Crippen LogP contribution in [0.25, 0.3) is 0 Å². The lowest BCUT2D eigenvalue weighted by Gasteiger charge is -2.12. The normalized spacial score (nSPS) is 12.1. The first-order chi connectivity index (χ1) is 8.74. The van der Waals surface area contributed by atoms with Crippen LogP contribution < -0.4 is 4.74 Å². The van der Waals surface area contributed by atoms with Crippen molar-refractivity contribution in [3.05, 3.63) is 58.8 Å². The van der Waals surface area contributed by atoms with E-state index in [4.69, 9.17) is 4.74 Å². The Hall–Kier alpha value is -1.39. The number of halogens is 1. The maximum absolute atomic E-state index is 9.89. The summed E-state index contributed by atoms with van der Waals surface area (Å²) in [5.41, 5.74) is 0.980. The third-order valence-electron chi connectivity index (χ3n) is 2.42. The van der Waals surface area contributed by atoms with Crippen LogP contribution in [0.1, 0.15) is 5.56 Å². The molecule has 1 atom stereocenters. The molecule has 1 N–H and O–H groups in total. The van der Waals surface area contributed by atoms with E-state index in [1.54, 1.807) is 12.4 Å². The van der Waals surface area contributed by atoms with Gasteiger partial charge in [0, 0.05) is 23.3 Å². The van der Waals surface area contributed by atoms with E-state index in [9.17, 15) is 5.11 Å². The van der Waals surface area contributed by atoms with Gasteiger partial charge >= 0.3 is 0 Å². The molecule has 0 aliphatic carbocycles. The van der Waals surface area contributed by atoms with E-state index in [-0.39, 0.29) is 6.61 Å². The van der Waals surface area contributed by atoms with Gasteiger partial charge < -0.3 is 9.84 Å². The van der Waals surface area contributed by atoms with Crippen LogP contribution in [0.15, 0.2) is 53.3 Å². The fourth-order valence-electron chi connectivity index (χ4n) is 1.61. The average Bonchev–Trinajstić information content (AvgIpc) is 2.38. The van der Waals surface area contributed by atoms with E-state index in [0.717, 1.165) is 15.8 Å². The summed E-state index contributed by atoms with van der Waals surface area (Å²) in [6.45, 7) is 0.274. The molecule has 1 heterocycles. The summed E-state index contributed by atoms with van der Waals surface area (Å²) in [7, 11) is 0. The summed E-state index contributed by atoms with van der Waals surface area (Å²) in [5.74, 6) is 0.768. The van der Waals surface area contributed by atoms with Gasteiger partial charge in [0.05, 0.1) is 6.10 Å². The SMILES string of the molecule is OC(COc1ccccc1)Cc1cncc(Br)c1. The minimum atomic E-state index is -0.540. The Kier molecular flexibility index (Phi) is 4.73. The number of hydrogen-bond acceptors (Lipinski definition) is 3. The van der Waals surface area contributed by atoms with Crippen LogP contribution in [-0.2, 0) is 6.42 Å². The van der Waals surface area contributed by atoms with Crippen LogP contribution in [0, 0.1) is 0 Å². The Morgan fingerprint density at radius 2 is 2.00 bits per heavy atom. The van der Waals surface area contributed by atoms with Crippen LogP contribution in [0.4, 0.5) is 0 Å². The van der Waals surface area contributed by atoms with E-state index in [2.05, 4.69) is 20.9 Å². The molecule has 0 amide bonds. The zero-order chi connectivity index (χ0) is 12.8. The summed E-state index contributed by atoms with van der Waals surface area (Å²) in [5, 5.41) is 9.89. The fraction of sp³-hybridized carbons (Fsp3) is 0.214. The minimum absolute atomic E-state index is 0.274. The topological polar surface area (TPSA) is 42.4 Å². The monoisotopic (exact) mass is 307 g/mol. The third-order valence-corrected chi connectivity index (χ3v) is 2.85. The lowest BCUT2D eigenvalue weighted by molar-refractivity contribution is 0.107. The molecule has 94 valence electrons. The number of nitrogens with zero attached hydrogens (tertiary/aromatic N) is 1. The van der Waals surface area contributed by atoms with Crippen molar-refractivity contribution in [1.29, 1.82) is 0 Å². The Balaban J connectivity index is 1.84. The summed E-state index contributed by atoms with van der Waals surface area (Å²) >= 11 is 3.35. The molecule has 3 nitrogen and oxygen atoms in total. The van der Waals surface area contributed by atoms with Gasteiger partial charge in [0.2, 0.25) is 0 Å². The molecule has 18 heavy (non-hydrogen) atoms. The van der Waals surface area contributed by atoms with Gasteiger partial charge in [-0.25, -0.2) is 0 Å². The molecule has 0 spiro atoms. The lowest BCUT2D eigenvalue weighted by atomic mass is 10.1. The second-order valence-corrected chi connectivity index (χ2v) is 4.91. The largest absolute Gasteiger partial charge is 0.491 e. The van der Waals surface area contributed by atoms with Crippen LogP contribution in [0.5, 0.6) is 5.75 Å². The van der Waals surface area contributed by atoms with Crippen molar-refractivity contribution in [3.63, 3.8) is 0 Å². The second-order valence-electron chi connectivity index (χ2n) is 3.99. The molecule has 1 aromatic heterocycles. The summed E-state index contributed by atoms with van der Waals surface area (Å²) in [6.07, 6.45) is 3.45. The Labute approximate surface area is 115 Å². The molecule has 0 aliphatic rings. The summed E-state index contributed by atoms with van der Waals surface area (Å²) in [4.78, 5) is 4.06. The van der Waals surface area contributed by atoms with Gasteiger partial charge in [0.25, 0.3) is 0 Å². The quantitative estimate of drug-likeness (QED) is 0.923. The summed E-state index contributed by atoms with van der Waals surface area (Å²) < 4.78 is 6.40. The van der Waals surface area contributed by atoms with Crippen molar-refractivity contribution in [1.82, 2.24) is 4.98 Å². The first-order valence-electron chi connectivity index (χ1n) is 5.69. The maximum Gasteiger partial charge on any atom is 0.119 e. The van der Waals surface area contributed by atoms with Crippen molar-refractivity contribution >= 4 is 15.9 Å². The van der Waals surface area contributed by atoms with Crippen molar-refractivity contribution in [2.45, 2.75) is 12.5 Å². The number of para-hydroxylation sites is 1. The van der Waals surface area contributed by atoms with E-state index >= 15 is 0 Å². The number of benzene rings is 1. The second kappa shape index (κ2) is 6.52. The number of pyridine rings is 1. The van der Waals surface area contributed by atoms with Crippen molar-refractivity contribution < 1.29 is 9.84 Å².